The van der Waals surface area contributed by atoms with Crippen LogP contribution in [0.15, 0.2) is 75.7 Å². The van der Waals surface area contributed by atoms with Crippen LogP contribution in [0.2, 0.25) is 0 Å². The van der Waals surface area contributed by atoms with Gasteiger partial charge in [-0.3, -0.25) is 0 Å². The first kappa shape index (κ1) is 48.8. The number of aliphatic hydroxyl groups excluding tert-OH is 1. The van der Waals surface area contributed by atoms with E-state index in [4.69, 9.17) is 32.6 Å². The zero-order valence-electron chi connectivity index (χ0n) is 35.7. The highest BCUT2D eigenvalue weighted by Gasteiger charge is 2.46. The van der Waals surface area contributed by atoms with Crippen molar-refractivity contribution in [2.24, 2.45) is 32.1 Å². The molecule has 1 aliphatic carbocycles. The Kier molecular flexibility index (Phi) is 21.1. The van der Waals surface area contributed by atoms with Crippen LogP contribution in [0, 0.1) is 170 Å². The van der Waals surface area contributed by atoms with Crippen LogP contribution in [0.5, 0.6) is 0 Å². The number of aliphatic hydroxyl groups is 1. The van der Waals surface area contributed by atoms with Crippen LogP contribution in [0.4, 0.5) is 17.3 Å². The van der Waals surface area contributed by atoms with Crippen molar-refractivity contribution < 1.29 is 23.7 Å². The van der Waals surface area contributed by atoms with Gasteiger partial charge < -0.3 is 20.6 Å². The summed E-state index contributed by atoms with van der Waals surface area (Å²) in [5.74, 6) is 63.5. The molecule has 1 aromatic heterocycles. The number of nitroso groups, excluding NO2 is 1. The van der Waals surface area contributed by atoms with Crippen molar-refractivity contribution in [2.45, 2.75) is 51.7 Å². The van der Waals surface area contributed by atoms with E-state index in [-0.39, 0.29) is 36.6 Å². The molecule has 0 amide bonds. The van der Waals surface area contributed by atoms with Gasteiger partial charge in [0.05, 0.1) is 12.8 Å². The summed E-state index contributed by atoms with van der Waals surface area (Å²) in [5, 5.41) is 19.4. The van der Waals surface area contributed by atoms with Crippen LogP contribution in [0.1, 0.15) is 73.2 Å². The maximum Gasteiger partial charge on any atom is 0.152 e. The van der Waals surface area contributed by atoms with Gasteiger partial charge in [-0.2, -0.15) is 5.53 Å². The van der Waals surface area contributed by atoms with E-state index in [1.165, 1.54) is 22.4 Å². The Bertz CT molecular complexity index is 3220. The van der Waals surface area contributed by atoms with Gasteiger partial charge in [0, 0.05) is 102 Å². The van der Waals surface area contributed by atoms with Crippen LogP contribution in [-0.4, -0.2) is 34.7 Å². The van der Waals surface area contributed by atoms with Crippen molar-refractivity contribution in [3.05, 3.63) is 82.0 Å². The van der Waals surface area contributed by atoms with Gasteiger partial charge in [-0.15, -0.1) is 11.3 Å². The van der Waals surface area contributed by atoms with Gasteiger partial charge in [0.1, 0.15) is 11.0 Å². The lowest BCUT2D eigenvalue weighted by Crippen LogP contribution is -2.45. The van der Waals surface area contributed by atoms with Crippen LogP contribution < -0.4 is 15.5 Å². The normalized spacial score (nSPS) is 13.0. The second-order valence-corrected chi connectivity index (χ2v) is 13.4. The Morgan fingerprint density at radius 2 is 1.27 bits per heavy atom. The fourth-order valence-electron chi connectivity index (χ4n) is 6.94. The molecule has 12 heteroatoms. The lowest BCUT2D eigenvalue weighted by atomic mass is 9.73. The number of terminal acetylenes is 1. The second kappa shape index (κ2) is 28.6. The van der Waals surface area contributed by atoms with Crippen molar-refractivity contribution in [1.82, 2.24) is 9.97 Å². The number of nitrogens with one attached hydrogen (secondary N) is 1. The van der Waals surface area contributed by atoms with E-state index in [1.807, 2.05) is 11.5 Å². The Balaban J connectivity index is -0.000000120. The molecular weight excluding hydrogens is 821 g/mol. The summed E-state index contributed by atoms with van der Waals surface area (Å²) in [7, 11) is 0. The SMILES string of the molecule is C#CC#CC#CC#CC#CC#CC#CC#CC#CC#CC#CC#CC#CC.N=N/N=N/N=O.N[C@@H]1c2ccccc2CC12CCN(c1ncc(N3CCCc4ccccc43)nc1CO)CC2.[HH].[HH].[HH].[HH].[HH].[HH].[HH].[HH].[HH].[HH].[HH].[HH].[HH]. The maximum absolute atomic E-state index is 10.2. The van der Waals surface area contributed by atoms with E-state index in [0.717, 1.165) is 63.4 Å². The molecule has 12 nitrogen and oxygen atoms in total. The molecule has 1 saturated heterocycles. The lowest BCUT2D eigenvalue weighted by Gasteiger charge is -2.43. The number of rotatable bonds is 5. The molecule has 66 heavy (non-hydrogen) atoms. The minimum atomic E-state index is -0.113. The second-order valence-electron chi connectivity index (χ2n) is 13.4. The van der Waals surface area contributed by atoms with Crippen LogP contribution >= 0.6 is 0 Å². The highest BCUT2D eigenvalue weighted by atomic mass is 16.3. The fourth-order valence-corrected chi connectivity index (χ4v) is 6.94. The van der Waals surface area contributed by atoms with Gasteiger partial charge >= 0.3 is 0 Å². The van der Waals surface area contributed by atoms with Gasteiger partial charge in [-0.1, -0.05) is 48.4 Å². The maximum atomic E-state index is 10.2. The van der Waals surface area contributed by atoms with E-state index in [9.17, 15) is 5.11 Å². The van der Waals surface area contributed by atoms with Crippen molar-refractivity contribution in [1.29, 1.82) is 5.53 Å². The number of hydrogen-bond donors (Lipinski definition) is 3. The molecule has 3 aromatic rings. The van der Waals surface area contributed by atoms with Gasteiger partial charge in [0.25, 0.3) is 0 Å². The molecule has 0 radical (unpaired) electrons. The van der Waals surface area contributed by atoms with E-state index < -0.39 is 0 Å². The van der Waals surface area contributed by atoms with Crippen molar-refractivity contribution in [2.75, 3.05) is 29.4 Å². The third kappa shape index (κ3) is 15.5. The summed E-state index contributed by atoms with van der Waals surface area (Å²) in [4.78, 5) is 23.1. The lowest BCUT2D eigenvalue weighted by molar-refractivity contribution is 0.186. The average molecular weight is 883 g/mol. The summed E-state index contributed by atoms with van der Waals surface area (Å²) in [6.07, 6.45) is 12.1. The van der Waals surface area contributed by atoms with Crippen LogP contribution in [-0.2, 0) is 19.4 Å². The smallest absolute Gasteiger partial charge is 0.152 e. The quantitative estimate of drug-likeness (QED) is 0.0996. The van der Waals surface area contributed by atoms with Crippen molar-refractivity contribution in [3.63, 3.8) is 0 Å². The monoisotopic (exact) mass is 883 g/mol. The Hall–Kier alpha value is -9.88. The number of piperidine rings is 1. The minimum absolute atomic E-state index is 0. The Morgan fingerprint density at radius 1 is 0.758 bits per heavy atom. The summed E-state index contributed by atoms with van der Waals surface area (Å²) in [6.45, 7) is 4.27. The number of aryl methyl sites for hydroxylation is 1. The van der Waals surface area contributed by atoms with Gasteiger partial charge in [-0.05, 0) is 172 Å². The summed E-state index contributed by atoms with van der Waals surface area (Å²) < 4.78 is 0. The summed E-state index contributed by atoms with van der Waals surface area (Å²) in [5.41, 5.74) is 18.7. The van der Waals surface area contributed by atoms with Crippen molar-refractivity contribution in [3.8, 4) is 154 Å². The topological polar surface area (TPSA) is 169 Å². The molecule has 1 atom stereocenters. The zero-order chi connectivity index (χ0) is 46.9. The Morgan fingerprint density at radius 3 is 1.76 bits per heavy atom. The summed E-state index contributed by atoms with van der Waals surface area (Å²) >= 11 is 0. The van der Waals surface area contributed by atoms with E-state index in [2.05, 4.69) is 222 Å². The molecular formula is C54H62N10O2. The minimum Gasteiger partial charge on any atom is -0.390 e. The van der Waals surface area contributed by atoms with Crippen molar-refractivity contribution >= 4 is 17.3 Å². The molecule has 1 spiro atoms. The largest absolute Gasteiger partial charge is 0.390 e. The van der Waals surface area contributed by atoms with E-state index >= 15 is 0 Å². The van der Waals surface area contributed by atoms with Crippen LogP contribution in [0.25, 0.3) is 0 Å². The fraction of sp³-hybridized carbons (Fsp3) is 0.222. The van der Waals surface area contributed by atoms with E-state index in [0.29, 0.717) is 5.69 Å². The van der Waals surface area contributed by atoms with Crippen LogP contribution in [0.3, 0.4) is 0 Å². The first-order valence-corrected chi connectivity index (χ1v) is 19.9. The van der Waals surface area contributed by atoms with Gasteiger partial charge in [0.15, 0.2) is 11.6 Å². The van der Waals surface area contributed by atoms with E-state index in [1.54, 1.807) is 6.92 Å². The third-order valence-electron chi connectivity index (χ3n) is 9.69. The molecule has 0 unspecified atom stereocenters. The standard InChI is InChI=1S/C27H31N5O.C27H4.HN5O.13H2/c28-25-21-9-3-1-7-20(21)16-27(25)11-14-31(15-12-27)26-22(18-33)30-24(17-29-26)32-13-5-8-19-6-2-4-10-23(19)32;1-3-5-7-9-11-13-15-17-19-21-23-25-27-26-24-22-20-18-16-14-12-10-8-6-4-2;1-2-3-4-5-6;;;;;;;;;;;;;/h1-4,6-7,9-10,17,25,33H,5,8,11-16,18,28H2;1H,2H3;1H;13*1H/b;;2-1?,4-3+;;;;;;;;;;;;;/t25-;;;;;;;;;;;;;;;/m1.............../s1. The molecule has 1 fully saturated rings. The molecule has 2 aromatic carbocycles. The molecule has 2 aliphatic heterocycles. The summed E-state index contributed by atoms with van der Waals surface area (Å²) in [6, 6.07) is 17.2. The highest BCUT2D eigenvalue weighted by molar-refractivity contribution is 5.66. The number of anilines is 3. The average Bonchev–Trinajstić information content (AvgIpc) is 3.63. The highest BCUT2D eigenvalue weighted by Crippen LogP contribution is 2.51. The number of benzene rings is 2. The van der Waals surface area contributed by atoms with Gasteiger partial charge in [-0.25, -0.2) is 9.97 Å². The first-order valence-electron chi connectivity index (χ1n) is 19.9. The third-order valence-corrected chi connectivity index (χ3v) is 9.69. The molecule has 3 aliphatic rings. The number of nitrogens with zero attached hydrogens (tertiary/aromatic N) is 8. The Labute approximate surface area is 405 Å². The number of nitrogens with two attached hydrogens (primary N) is 1. The molecule has 4 N–H and O–H groups in total. The zero-order valence-corrected chi connectivity index (χ0v) is 35.7. The number of fused-ring (bicyclic) bond motifs is 2. The molecule has 340 valence electrons. The molecule has 0 saturated carbocycles. The first-order chi connectivity index (χ1) is 32.5. The number of aromatic nitrogens is 2. The predicted molar refractivity (Wildman–Crippen MR) is 282 cm³/mol. The number of para-hydroxylation sites is 1. The number of hydrogen-bond acceptors (Lipinski definition) is 8. The molecule has 3 heterocycles. The molecule has 6 rings (SSSR count). The molecule has 0 bridgehead atoms. The van der Waals surface area contributed by atoms with Gasteiger partial charge in [0.2, 0.25) is 0 Å². The predicted octanol–water partition coefficient (Wildman–Crippen LogP) is 8.84.